The minimum Gasteiger partial charge on any atom is -0.392 e. The highest BCUT2D eigenvalue weighted by Gasteiger charge is 2.21. The number of anilines is 1. The summed E-state index contributed by atoms with van der Waals surface area (Å²) in [5.74, 6) is -0.933. The van der Waals surface area contributed by atoms with Gasteiger partial charge in [-0.2, -0.15) is 0 Å². The van der Waals surface area contributed by atoms with Crippen molar-refractivity contribution in [2.45, 2.75) is 27.4 Å². The van der Waals surface area contributed by atoms with Gasteiger partial charge in [-0.3, -0.25) is 4.40 Å². The summed E-state index contributed by atoms with van der Waals surface area (Å²) in [6, 6.07) is 8.58. The van der Waals surface area contributed by atoms with Crippen LogP contribution in [-0.2, 0) is 6.61 Å². The number of rotatable bonds is 5. The molecule has 6 nitrogen and oxygen atoms in total. The minimum absolute atomic E-state index is 0.0335. The molecule has 2 N–H and O–H groups in total. The van der Waals surface area contributed by atoms with Gasteiger partial charge in [-0.25, -0.2) is 23.7 Å². The summed E-state index contributed by atoms with van der Waals surface area (Å²) in [4.78, 5) is 13.5. The van der Waals surface area contributed by atoms with Gasteiger partial charge in [0.05, 0.1) is 18.0 Å². The molecule has 8 heteroatoms. The third kappa shape index (κ3) is 4.39. The number of fused-ring (bicyclic) bond motifs is 1. The monoisotopic (exact) mass is 423 g/mol. The van der Waals surface area contributed by atoms with Gasteiger partial charge in [0.25, 0.3) is 0 Å². The molecule has 0 saturated heterocycles. The number of nitrogens with one attached hydrogen (secondary N) is 1. The minimum atomic E-state index is -0.716. The predicted molar refractivity (Wildman–Crippen MR) is 115 cm³/mol. The summed E-state index contributed by atoms with van der Waals surface area (Å²) in [5, 5.41) is 12.7. The number of pyridine rings is 1. The van der Waals surface area contributed by atoms with Crippen LogP contribution in [0, 0.1) is 17.0 Å². The molecule has 0 aliphatic carbocycles. The number of imidazole rings is 1. The second kappa shape index (κ2) is 8.03. The molecule has 31 heavy (non-hydrogen) atoms. The lowest BCUT2D eigenvalue weighted by molar-refractivity contribution is 0.282. The van der Waals surface area contributed by atoms with Gasteiger partial charge < -0.3 is 10.4 Å². The van der Waals surface area contributed by atoms with Crippen LogP contribution in [0.4, 0.5) is 14.7 Å². The second-order valence-corrected chi connectivity index (χ2v) is 8.53. The highest BCUT2D eigenvalue weighted by atomic mass is 19.1. The van der Waals surface area contributed by atoms with E-state index in [1.54, 1.807) is 35.0 Å². The van der Waals surface area contributed by atoms with E-state index in [0.717, 1.165) is 6.07 Å². The van der Waals surface area contributed by atoms with Crippen molar-refractivity contribution in [3.8, 4) is 22.6 Å². The van der Waals surface area contributed by atoms with Crippen molar-refractivity contribution in [1.82, 2.24) is 19.4 Å². The van der Waals surface area contributed by atoms with Crippen LogP contribution in [0.5, 0.6) is 0 Å². The Balaban J connectivity index is 1.90. The molecule has 0 saturated carbocycles. The van der Waals surface area contributed by atoms with Crippen LogP contribution in [-0.4, -0.2) is 31.0 Å². The Morgan fingerprint density at radius 1 is 1.06 bits per heavy atom. The van der Waals surface area contributed by atoms with E-state index < -0.39 is 11.6 Å². The Labute approximate surface area is 178 Å². The number of aliphatic hydroxyl groups is 1. The lowest BCUT2D eigenvalue weighted by Gasteiger charge is -2.18. The van der Waals surface area contributed by atoms with E-state index in [9.17, 15) is 13.9 Å². The summed E-state index contributed by atoms with van der Waals surface area (Å²) >= 11 is 0. The normalized spacial score (nSPS) is 11.8. The van der Waals surface area contributed by atoms with Crippen LogP contribution in [0.1, 0.15) is 26.3 Å². The van der Waals surface area contributed by atoms with E-state index in [-0.39, 0.29) is 17.6 Å². The van der Waals surface area contributed by atoms with E-state index in [1.807, 2.05) is 0 Å². The first-order chi connectivity index (χ1) is 14.7. The topological polar surface area (TPSA) is 75.3 Å². The number of benzene rings is 1. The number of nitrogens with zero attached hydrogens (tertiary/aromatic N) is 4. The lowest BCUT2D eigenvalue weighted by Crippen LogP contribution is -2.20. The Hall–Kier alpha value is -3.39. The Kier molecular flexibility index (Phi) is 5.41. The van der Waals surface area contributed by atoms with Crippen LogP contribution >= 0.6 is 0 Å². The number of halogens is 2. The quantitative estimate of drug-likeness (QED) is 0.487. The summed E-state index contributed by atoms with van der Waals surface area (Å²) < 4.78 is 29.9. The zero-order valence-corrected chi connectivity index (χ0v) is 17.5. The largest absolute Gasteiger partial charge is 0.392 e. The van der Waals surface area contributed by atoms with E-state index in [1.165, 1.54) is 12.1 Å². The maximum Gasteiger partial charge on any atom is 0.223 e. The molecule has 0 unspecified atom stereocenters. The van der Waals surface area contributed by atoms with Gasteiger partial charge in [0, 0.05) is 30.6 Å². The summed E-state index contributed by atoms with van der Waals surface area (Å²) in [6.45, 7) is 6.82. The van der Waals surface area contributed by atoms with E-state index in [2.05, 4.69) is 41.0 Å². The van der Waals surface area contributed by atoms with Gasteiger partial charge in [0.15, 0.2) is 0 Å². The van der Waals surface area contributed by atoms with Crippen molar-refractivity contribution >= 4 is 11.6 Å². The van der Waals surface area contributed by atoms with Crippen LogP contribution in [0.2, 0.25) is 0 Å². The van der Waals surface area contributed by atoms with E-state index in [0.29, 0.717) is 40.8 Å². The Morgan fingerprint density at radius 3 is 2.58 bits per heavy atom. The molecule has 0 spiro atoms. The molecule has 4 aromatic rings. The molecule has 3 heterocycles. The average molecular weight is 423 g/mol. The van der Waals surface area contributed by atoms with Gasteiger partial charge in [0.2, 0.25) is 5.95 Å². The summed E-state index contributed by atoms with van der Waals surface area (Å²) in [6.07, 6.45) is 3.37. The van der Waals surface area contributed by atoms with Crippen molar-refractivity contribution in [3.63, 3.8) is 0 Å². The summed E-state index contributed by atoms with van der Waals surface area (Å²) in [7, 11) is 0. The fourth-order valence-corrected chi connectivity index (χ4v) is 3.22. The standard InChI is InChI=1S/C23H23F2N5O/c1-23(2,3)13-27-22-26-8-6-18(28-22)21-20(16-5-4-15(24)11-17(16)25)29-19-10-14(12-31)7-9-30(19)21/h4-11,31H,12-13H2,1-3H3,(H,26,27,28). The van der Waals surface area contributed by atoms with Crippen molar-refractivity contribution in [2.75, 3.05) is 11.9 Å². The molecule has 0 radical (unpaired) electrons. The lowest BCUT2D eigenvalue weighted by atomic mass is 9.97. The first-order valence-electron chi connectivity index (χ1n) is 9.90. The van der Waals surface area contributed by atoms with Crippen molar-refractivity contribution in [3.05, 3.63) is 66.0 Å². The van der Waals surface area contributed by atoms with Gasteiger partial charge >= 0.3 is 0 Å². The molecule has 0 aliphatic heterocycles. The van der Waals surface area contributed by atoms with Crippen LogP contribution in [0.25, 0.3) is 28.3 Å². The third-order valence-electron chi connectivity index (χ3n) is 4.73. The van der Waals surface area contributed by atoms with Crippen molar-refractivity contribution < 1.29 is 13.9 Å². The molecule has 3 aromatic heterocycles. The SMILES string of the molecule is CC(C)(C)CNc1nccc(-c2c(-c3ccc(F)cc3F)nc3cc(CO)ccn23)n1. The van der Waals surface area contributed by atoms with Crippen molar-refractivity contribution in [2.24, 2.45) is 5.41 Å². The van der Waals surface area contributed by atoms with Gasteiger partial charge in [-0.1, -0.05) is 20.8 Å². The third-order valence-corrected chi connectivity index (χ3v) is 4.73. The fourth-order valence-electron chi connectivity index (χ4n) is 3.22. The average Bonchev–Trinajstić information content (AvgIpc) is 3.10. The maximum absolute atomic E-state index is 14.7. The number of hydrogen-bond donors (Lipinski definition) is 2. The van der Waals surface area contributed by atoms with Gasteiger partial charge in [-0.15, -0.1) is 0 Å². The van der Waals surface area contributed by atoms with Crippen molar-refractivity contribution in [1.29, 1.82) is 0 Å². The van der Waals surface area contributed by atoms with Gasteiger partial charge in [-0.05, 0) is 41.3 Å². The second-order valence-electron chi connectivity index (χ2n) is 8.53. The summed E-state index contributed by atoms with van der Waals surface area (Å²) in [5.41, 5.74) is 2.79. The predicted octanol–water partition coefficient (Wildman–Crippen LogP) is 4.69. The number of aromatic nitrogens is 4. The molecule has 0 amide bonds. The van der Waals surface area contributed by atoms with E-state index >= 15 is 0 Å². The molecule has 1 aromatic carbocycles. The van der Waals surface area contributed by atoms with Crippen LogP contribution < -0.4 is 5.32 Å². The molecular formula is C23H23F2N5O. The molecule has 0 aliphatic rings. The first-order valence-corrected chi connectivity index (χ1v) is 9.90. The molecule has 4 rings (SSSR count). The zero-order valence-electron chi connectivity index (χ0n) is 17.5. The highest BCUT2D eigenvalue weighted by Crippen LogP contribution is 2.34. The van der Waals surface area contributed by atoms with Gasteiger partial charge in [0.1, 0.15) is 23.0 Å². The van der Waals surface area contributed by atoms with Crippen LogP contribution in [0.3, 0.4) is 0 Å². The Bertz CT molecular complexity index is 1250. The number of aliphatic hydroxyl groups excluding tert-OH is 1. The highest BCUT2D eigenvalue weighted by molar-refractivity contribution is 5.81. The molecule has 0 atom stereocenters. The fraction of sp³-hybridized carbons (Fsp3) is 0.261. The molecule has 160 valence electrons. The molecular weight excluding hydrogens is 400 g/mol. The first kappa shape index (κ1) is 20.9. The smallest absolute Gasteiger partial charge is 0.223 e. The zero-order chi connectivity index (χ0) is 22.2. The van der Waals surface area contributed by atoms with Crippen LogP contribution in [0.15, 0.2) is 48.8 Å². The molecule has 0 fully saturated rings. The number of hydrogen-bond acceptors (Lipinski definition) is 5. The maximum atomic E-state index is 14.7. The van der Waals surface area contributed by atoms with E-state index in [4.69, 9.17) is 0 Å². The molecule has 0 bridgehead atoms. The Morgan fingerprint density at radius 2 is 1.87 bits per heavy atom.